The lowest BCUT2D eigenvalue weighted by atomic mass is 9.75. The molecule has 38 heavy (non-hydrogen) atoms. The van der Waals surface area contributed by atoms with Gasteiger partial charge in [0, 0.05) is 33.3 Å². The van der Waals surface area contributed by atoms with Gasteiger partial charge in [-0.3, -0.25) is 4.98 Å². The Morgan fingerprint density at radius 1 is 0.579 bits per heavy atom. The minimum absolute atomic E-state index is 0.0511. The number of rotatable bonds is 2. The first-order valence-corrected chi connectivity index (χ1v) is 13.2. The van der Waals surface area contributed by atoms with Gasteiger partial charge in [0.1, 0.15) is 0 Å². The Labute approximate surface area is 221 Å². The van der Waals surface area contributed by atoms with Crippen LogP contribution in [0.3, 0.4) is 0 Å². The molecule has 1 aliphatic heterocycles. The molecule has 0 radical (unpaired) electrons. The number of benzene rings is 5. The van der Waals surface area contributed by atoms with Crippen LogP contribution in [0.4, 0.5) is 0 Å². The number of pyridine rings is 1. The van der Waals surface area contributed by atoms with E-state index in [1.54, 1.807) is 0 Å². The zero-order valence-corrected chi connectivity index (χ0v) is 21.4. The van der Waals surface area contributed by atoms with E-state index in [2.05, 4.69) is 134 Å². The predicted molar refractivity (Wildman–Crippen MR) is 159 cm³/mol. The van der Waals surface area contributed by atoms with Crippen molar-refractivity contribution in [2.75, 3.05) is 0 Å². The van der Waals surface area contributed by atoms with Gasteiger partial charge in [-0.05, 0) is 58.0 Å². The van der Waals surface area contributed by atoms with Crippen molar-refractivity contribution in [2.24, 2.45) is 0 Å². The third-order valence-electron chi connectivity index (χ3n) is 8.40. The van der Waals surface area contributed by atoms with Crippen LogP contribution in [0.15, 0.2) is 121 Å². The lowest BCUT2D eigenvalue weighted by molar-refractivity contribution is 0.630. The van der Waals surface area contributed by atoms with Crippen molar-refractivity contribution in [3.05, 3.63) is 133 Å². The van der Waals surface area contributed by atoms with Gasteiger partial charge in [-0.25, -0.2) is 0 Å². The monoisotopic (exact) mass is 486 g/mol. The van der Waals surface area contributed by atoms with Gasteiger partial charge in [0.2, 0.25) is 0 Å². The quantitative estimate of drug-likeness (QED) is 0.238. The van der Waals surface area contributed by atoms with E-state index < -0.39 is 0 Å². The Morgan fingerprint density at radius 2 is 1.32 bits per heavy atom. The predicted octanol–water partition coefficient (Wildman–Crippen LogP) is 9.31. The van der Waals surface area contributed by atoms with Crippen molar-refractivity contribution in [2.45, 2.75) is 19.3 Å². The largest absolute Gasteiger partial charge is 0.309 e. The van der Waals surface area contributed by atoms with Crippen molar-refractivity contribution in [1.29, 1.82) is 0 Å². The van der Waals surface area contributed by atoms with E-state index in [1.165, 1.54) is 55.1 Å². The molecule has 1 aliphatic rings. The molecule has 0 saturated heterocycles. The molecule has 0 unspecified atom stereocenters. The normalized spacial score (nSPS) is 13.7. The maximum atomic E-state index is 4.77. The Kier molecular flexibility index (Phi) is 4.31. The summed E-state index contributed by atoms with van der Waals surface area (Å²) in [5.74, 6) is 0. The van der Waals surface area contributed by atoms with Gasteiger partial charge >= 0.3 is 0 Å². The SMILES string of the molecule is CC1(C)c2ccccc2-n2c3ccc(-c4cccc(-c5cc6ccccc6cn5)c4)cc3c3cccc1c32. The maximum Gasteiger partial charge on any atom is 0.0708 e. The van der Waals surface area contributed by atoms with Gasteiger partial charge in [0.15, 0.2) is 0 Å². The molecular formula is C36H26N2. The molecule has 2 aromatic heterocycles. The fraction of sp³-hybridized carbons (Fsp3) is 0.0833. The van der Waals surface area contributed by atoms with Crippen LogP contribution in [-0.2, 0) is 5.41 Å². The van der Waals surface area contributed by atoms with E-state index in [-0.39, 0.29) is 5.41 Å². The Morgan fingerprint density at radius 3 is 2.24 bits per heavy atom. The van der Waals surface area contributed by atoms with Crippen molar-refractivity contribution < 1.29 is 0 Å². The molecule has 180 valence electrons. The van der Waals surface area contributed by atoms with Crippen molar-refractivity contribution in [3.8, 4) is 28.1 Å². The minimum Gasteiger partial charge on any atom is -0.309 e. The molecule has 0 N–H and O–H groups in total. The molecule has 0 spiro atoms. The lowest BCUT2D eigenvalue weighted by Gasteiger charge is -2.34. The number of hydrogen-bond acceptors (Lipinski definition) is 1. The molecule has 0 amide bonds. The van der Waals surface area contributed by atoms with Crippen molar-refractivity contribution in [3.63, 3.8) is 0 Å². The first-order chi connectivity index (χ1) is 18.6. The van der Waals surface area contributed by atoms with Crippen LogP contribution < -0.4 is 0 Å². The van der Waals surface area contributed by atoms with Crippen molar-refractivity contribution >= 4 is 32.6 Å². The maximum absolute atomic E-state index is 4.77. The topological polar surface area (TPSA) is 17.8 Å². The average molecular weight is 487 g/mol. The summed E-state index contributed by atoms with van der Waals surface area (Å²) in [5, 5.41) is 4.98. The Bertz CT molecular complexity index is 2060. The summed E-state index contributed by atoms with van der Waals surface area (Å²) in [6, 6.07) is 41.9. The summed E-state index contributed by atoms with van der Waals surface area (Å²) in [7, 11) is 0. The molecular weight excluding hydrogens is 460 g/mol. The van der Waals surface area contributed by atoms with Crippen LogP contribution in [-0.4, -0.2) is 9.55 Å². The molecule has 5 aromatic carbocycles. The van der Waals surface area contributed by atoms with E-state index in [4.69, 9.17) is 4.98 Å². The summed E-state index contributed by atoms with van der Waals surface area (Å²) in [5.41, 5.74) is 11.1. The van der Waals surface area contributed by atoms with Crippen LogP contribution in [0.2, 0.25) is 0 Å². The fourth-order valence-corrected chi connectivity index (χ4v) is 6.44. The molecule has 0 saturated carbocycles. The van der Waals surface area contributed by atoms with Gasteiger partial charge in [0.05, 0.1) is 22.4 Å². The van der Waals surface area contributed by atoms with Gasteiger partial charge in [-0.15, -0.1) is 0 Å². The molecule has 3 heterocycles. The lowest BCUT2D eigenvalue weighted by Crippen LogP contribution is -2.26. The summed E-state index contributed by atoms with van der Waals surface area (Å²) < 4.78 is 2.47. The van der Waals surface area contributed by atoms with E-state index in [0.29, 0.717) is 0 Å². The Balaban J connectivity index is 1.33. The van der Waals surface area contributed by atoms with Gasteiger partial charge in [0.25, 0.3) is 0 Å². The number of aromatic nitrogens is 2. The third kappa shape index (κ3) is 2.92. The van der Waals surface area contributed by atoms with Crippen LogP contribution >= 0.6 is 0 Å². The minimum atomic E-state index is -0.0511. The second kappa shape index (κ2) is 7.66. The number of fused-ring (bicyclic) bond motifs is 6. The molecule has 0 fully saturated rings. The first-order valence-electron chi connectivity index (χ1n) is 13.2. The number of para-hydroxylation sites is 2. The zero-order valence-electron chi connectivity index (χ0n) is 21.4. The van der Waals surface area contributed by atoms with Crippen LogP contribution in [0.5, 0.6) is 0 Å². The highest BCUT2D eigenvalue weighted by Crippen LogP contribution is 2.47. The van der Waals surface area contributed by atoms with Gasteiger partial charge < -0.3 is 4.57 Å². The molecule has 7 aromatic rings. The van der Waals surface area contributed by atoms with Crippen molar-refractivity contribution in [1.82, 2.24) is 9.55 Å². The summed E-state index contributed by atoms with van der Waals surface area (Å²) in [6.45, 7) is 4.69. The van der Waals surface area contributed by atoms with Gasteiger partial charge in [-0.2, -0.15) is 0 Å². The highest BCUT2D eigenvalue weighted by atomic mass is 15.0. The van der Waals surface area contributed by atoms with E-state index >= 15 is 0 Å². The van der Waals surface area contributed by atoms with Gasteiger partial charge in [-0.1, -0.05) is 98.8 Å². The fourth-order valence-electron chi connectivity index (χ4n) is 6.44. The molecule has 2 nitrogen and oxygen atoms in total. The molecule has 8 rings (SSSR count). The highest BCUT2D eigenvalue weighted by molar-refractivity contribution is 6.12. The second-order valence-corrected chi connectivity index (χ2v) is 10.9. The number of hydrogen-bond donors (Lipinski definition) is 0. The summed E-state index contributed by atoms with van der Waals surface area (Å²) in [6.07, 6.45) is 1.97. The van der Waals surface area contributed by atoms with E-state index in [0.717, 1.165) is 16.6 Å². The second-order valence-electron chi connectivity index (χ2n) is 10.9. The first kappa shape index (κ1) is 21.4. The summed E-state index contributed by atoms with van der Waals surface area (Å²) >= 11 is 0. The average Bonchev–Trinajstić information content (AvgIpc) is 3.30. The zero-order chi connectivity index (χ0) is 25.4. The molecule has 0 bridgehead atoms. The Hall–Kier alpha value is -4.69. The van der Waals surface area contributed by atoms with Crippen LogP contribution in [0.25, 0.3) is 60.6 Å². The molecule has 0 atom stereocenters. The van der Waals surface area contributed by atoms with E-state index in [9.17, 15) is 0 Å². The van der Waals surface area contributed by atoms with Crippen LogP contribution in [0, 0.1) is 0 Å². The third-order valence-corrected chi connectivity index (χ3v) is 8.40. The highest BCUT2D eigenvalue weighted by Gasteiger charge is 2.34. The summed E-state index contributed by atoms with van der Waals surface area (Å²) in [4.78, 5) is 4.77. The van der Waals surface area contributed by atoms with Crippen LogP contribution in [0.1, 0.15) is 25.0 Å². The number of nitrogens with zero attached hydrogens (tertiary/aromatic N) is 2. The molecule has 2 heteroatoms. The smallest absolute Gasteiger partial charge is 0.0708 e. The molecule has 0 aliphatic carbocycles. The standard InChI is InChI=1S/C36H26N2/c1-36(2)30-14-5-6-16-34(30)38-33-18-17-25(20-29(33)28-13-8-15-31(36)35(28)38)23-11-7-12-26(19-23)32-21-24-9-3-4-10-27(24)22-37-32/h3-22H,1-2H3. The van der Waals surface area contributed by atoms with E-state index in [1.807, 2.05) is 6.20 Å².